The number of aliphatic hydroxyl groups is 3. The van der Waals surface area contributed by atoms with E-state index in [4.69, 9.17) is 24.1 Å². The van der Waals surface area contributed by atoms with Crippen LogP contribution in [0.3, 0.4) is 0 Å². The second kappa shape index (κ2) is 15.1. The smallest absolute Gasteiger partial charge is 0.335 e. The lowest BCUT2D eigenvalue weighted by Crippen LogP contribution is -2.69. The molecule has 3 rings (SSSR count). The maximum absolute atomic E-state index is 12.5. The average Bonchev–Trinajstić information content (AvgIpc) is 2.96. The van der Waals surface area contributed by atoms with Crippen molar-refractivity contribution in [3.05, 3.63) is 59.7 Å². The number of carbonyl (C=O) groups excluding carboxylic acids is 1. The third kappa shape index (κ3) is 9.37. The predicted molar refractivity (Wildman–Crippen MR) is 150 cm³/mol. The van der Waals surface area contributed by atoms with Crippen molar-refractivity contribution in [2.24, 2.45) is 0 Å². The largest absolute Gasteiger partial charge is 0.497 e. The van der Waals surface area contributed by atoms with Crippen molar-refractivity contribution in [3.63, 3.8) is 0 Å². The molecule has 1 saturated heterocycles. The number of quaternary nitrogens is 1. The number of carbonyl (C=O) groups is 3. The van der Waals surface area contributed by atoms with Crippen molar-refractivity contribution >= 4 is 17.9 Å². The Morgan fingerprint density at radius 2 is 1.65 bits per heavy atom. The van der Waals surface area contributed by atoms with Crippen LogP contribution in [-0.2, 0) is 36.7 Å². The number of hydrogen-bond acceptors (Lipinski definition) is 10. The monoisotopic (exact) mass is 606 g/mol. The summed E-state index contributed by atoms with van der Waals surface area (Å²) in [6.45, 7) is -0.241. The summed E-state index contributed by atoms with van der Waals surface area (Å²) in [5.74, 6) is -2.18. The summed E-state index contributed by atoms with van der Waals surface area (Å²) in [6.07, 6.45) is -8.94. The van der Waals surface area contributed by atoms with Crippen LogP contribution in [0.25, 0.3) is 0 Å². The maximum atomic E-state index is 12.5. The summed E-state index contributed by atoms with van der Waals surface area (Å²) in [4.78, 5) is 35.1. The van der Waals surface area contributed by atoms with Crippen LogP contribution < -0.4 is 9.47 Å². The first-order valence-electron chi connectivity index (χ1n) is 13.8. The topological polar surface area (TPSA) is 189 Å². The molecule has 1 fully saturated rings. The Bertz CT molecular complexity index is 1250. The molecule has 2 aromatic carbocycles. The highest BCUT2D eigenvalue weighted by molar-refractivity contribution is 5.76. The van der Waals surface area contributed by atoms with Gasteiger partial charge in [-0.25, -0.2) is 4.79 Å². The second-order valence-corrected chi connectivity index (χ2v) is 11.0. The molecule has 0 radical (unpaired) electrons. The molecule has 0 aliphatic carbocycles. The molecule has 1 aliphatic heterocycles. The van der Waals surface area contributed by atoms with E-state index in [1.54, 1.807) is 33.3 Å². The van der Waals surface area contributed by atoms with Crippen LogP contribution in [0.2, 0.25) is 0 Å². The SMILES string of the molecule is COc1cccc(CCc2ccccc2OCC(C[N+](C)(C)[C@@H]2O[C@H](C(=O)O)[C@@H](O)[C@H](O)[C@H]2O)OC(=O)CCC(=O)O)c1. The standard InChI is InChI=1S/C30H39NO12/c1-31(2,29-27(37)25(35)26(36)28(43-29)30(38)39)16-21(42-24(34)14-13-23(32)33)17-41-22-10-5-4-8-19(22)12-11-18-7-6-9-20(15-18)40-3/h4-10,15,21,25-29,35-37H,11-14,16-17H2,1-3H3,(H-,32,33,38,39)/p+1/t21?,25-,26-,27+,28-,29+/m0/s1. The average molecular weight is 607 g/mol. The Balaban J connectivity index is 1.77. The summed E-state index contributed by atoms with van der Waals surface area (Å²) in [7, 11) is 4.74. The van der Waals surface area contributed by atoms with E-state index in [-0.39, 0.29) is 24.1 Å². The zero-order valence-electron chi connectivity index (χ0n) is 24.4. The van der Waals surface area contributed by atoms with Gasteiger partial charge in [-0.3, -0.25) is 14.1 Å². The Morgan fingerprint density at radius 3 is 2.33 bits per heavy atom. The lowest BCUT2D eigenvalue weighted by molar-refractivity contribution is -0.946. The number of esters is 1. The van der Waals surface area contributed by atoms with Gasteiger partial charge in [0.15, 0.2) is 18.3 Å². The Morgan fingerprint density at radius 1 is 0.930 bits per heavy atom. The molecule has 0 bridgehead atoms. The molecule has 0 spiro atoms. The third-order valence-electron chi connectivity index (χ3n) is 7.25. The molecular formula is C30H40NO12+. The van der Waals surface area contributed by atoms with Crippen molar-refractivity contribution in [1.29, 1.82) is 0 Å². The first-order chi connectivity index (χ1) is 20.3. The van der Waals surface area contributed by atoms with Crippen LogP contribution in [0.1, 0.15) is 24.0 Å². The van der Waals surface area contributed by atoms with Crippen molar-refractivity contribution in [2.45, 2.75) is 62.4 Å². The molecule has 13 heteroatoms. The van der Waals surface area contributed by atoms with Gasteiger partial charge in [0.25, 0.3) is 0 Å². The minimum Gasteiger partial charge on any atom is -0.497 e. The van der Waals surface area contributed by atoms with Crippen LogP contribution in [0, 0.1) is 0 Å². The number of benzene rings is 2. The van der Waals surface area contributed by atoms with Crippen LogP contribution in [0.4, 0.5) is 0 Å². The van der Waals surface area contributed by atoms with Gasteiger partial charge in [-0.1, -0.05) is 30.3 Å². The fraction of sp³-hybridized carbons (Fsp3) is 0.500. The zero-order chi connectivity index (χ0) is 31.7. The van der Waals surface area contributed by atoms with Gasteiger partial charge >= 0.3 is 17.9 Å². The van der Waals surface area contributed by atoms with E-state index in [9.17, 15) is 34.8 Å². The van der Waals surface area contributed by atoms with E-state index >= 15 is 0 Å². The Kier molecular flexibility index (Phi) is 11.9. The van der Waals surface area contributed by atoms with Gasteiger partial charge in [0.05, 0.1) is 34.0 Å². The molecule has 13 nitrogen and oxygen atoms in total. The molecule has 0 saturated carbocycles. The number of aliphatic hydroxyl groups excluding tert-OH is 3. The first kappa shape index (κ1) is 33.7. The summed E-state index contributed by atoms with van der Waals surface area (Å²) in [6, 6.07) is 15.1. The summed E-state index contributed by atoms with van der Waals surface area (Å²) < 4.78 is 22.2. The van der Waals surface area contributed by atoms with Gasteiger partial charge in [-0.15, -0.1) is 0 Å². The molecule has 236 valence electrons. The van der Waals surface area contributed by atoms with Gasteiger partial charge in [0.1, 0.15) is 36.9 Å². The number of methoxy groups -OCH3 is 1. The molecule has 6 atom stereocenters. The van der Waals surface area contributed by atoms with Crippen molar-refractivity contribution in [1.82, 2.24) is 0 Å². The highest BCUT2D eigenvalue weighted by Crippen LogP contribution is 2.28. The molecule has 1 heterocycles. The van der Waals surface area contributed by atoms with Crippen molar-refractivity contribution in [2.75, 3.05) is 34.4 Å². The molecule has 5 N–H and O–H groups in total. The molecule has 1 unspecified atom stereocenters. The maximum Gasteiger partial charge on any atom is 0.335 e. The highest BCUT2D eigenvalue weighted by atomic mass is 16.6. The van der Waals surface area contributed by atoms with Crippen LogP contribution in [0.15, 0.2) is 48.5 Å². The summed E-state index contributed by atoms with van der Waals surface area (Å²) in [5.41, 5.74) is 1.96. The van der Waals surface area contributed by atoms with Gasteiger partial charge in [0.2, 0.25) is 6.23 Å². The minimum atomic E-state index is -1.86. The molecule has 2 aromatic rings. The van der Waals surface area contributed by atoms with Gasteiger partial charge in [0, 0.05) is 0 Å². The number of carboxylic acids is 2. The summed E-state index contributed by atoms with van der Waals surface area (Å²) >= 11 is 0. The van der Waals surface area contributed by atoms with E-state index in [2.05, 4.69) is 0 Å². The number of rotatable bonds is 15. The Labute approximate surface area is 249 Å². The van der Waals surface area contributed by atoms with Crippen LogP contribution in [-0.4, -0.2) is 119 Å². The lowest BCUT2D eigenvalue weighted by Gasteiger charge is -2.47. The van der Waals surface area contributed by atoms with Gasteiger partial charge < -0.3 is 44.5 Å². The Hall–Kier alpha value is -3.75. The van der Waals surface area contributed by atoms with E-state index < -0.39 is 61.1 Å². The normalized spacial score (nSPS) is 22.8. The molecule has 0 aromatic heterocycles. The van der Waals surface area contributed by atoms with E-state index in [0.29, 0.717) is 18.6 Å². The highest BCUT2D eigenvalue weighted by Gasteiger charge is 2.53. The first-order valence-corrected chi connectivity index (χ1v) is 13.8. The number of hydrogen-bond donors (Lipinski definition) is 5. The van der Waals surface area contributed by atoms with E-state index in [1.807, 2.05) is 36.4 Å². The number of nitrogens with zero attached hydrogens (tertiary/aromatic N) is 1. The van der Waals surface area contributed by atoms with Crippen molar-refractivity contribution in [3.8, 4) is 11.5 Å². The summed E-state index contributed by atoms with van der Waals surface area (Å²) in [5, 5.41) is 49.5. The quantitative estimate of drug-likeness (QED) is 0.141. The third-order valence-corrected chi connectivity index (χ3v) is 7.25. The lowest BCUT2D eigenvalue weighted by atomic mass is 9.96. The fourth-order valence-corrected chi connectivity index (χ4v) is 4.99. The molecule has 1 aliphatic rings. The van der Waals surface area contributed by atoms with Gasteiger partial charge in [-0.05, 0) is 42.2 Å². The number of aliphatic carboxylic acids is 2. The van der Waals surface area contributed by atoms with Crippen LogP contribution >= 0.6 is 0 Å². The zero-order valence-corrected chi connectivity index (χ0v) is 24.4. The number of aryl methyl sites for hydroxylation is 2. The molecule has 0 amide bonds. The number of para-hydroxylation sites is 1. The van der Waals surface area contributed by atoms with Crippen LogP contribution in [0.5, 0.6) is 11.5 Å². The molecule has 43 heavy (non-hydrogen) atoms. The number of likely N-dealkylation sites (N-methyl/N-ethyl adjacent to an activating group) is 1. The second-order valence-electron chi connectivity index (χ2n) is 11.0. The predicted octanol–water partition coefficient (Wildman–Crippen LogP) is 0.604. The van der Waals surface area contributed by atoms with Gasteiger partial charge in [-0.2, -0.15) is 0 Å². The fourth-order valence-electron chi connectivity index (χ4n) is 4.99. The number of ether oxygens (including phenoxy) is 4. The minimum absolute atomic E-state index is 0.0817. The van der Waals surface area contributed by atoms with E-state index in [1.165, 1.54) is 0 Å². The number of carboxylic acid groups (broad SMARTS) is 2. The molecular weight excluding hydrogens is 566 g/mol. The van der Waals surface area contributed by atoms with E-state index in [0.717, 1.165) is 16.9 Å². The van der Waals surface area contributed by atoms with Crippen molar-refractivity contribution < 1.29 is 63.3 Å².